The molecule has 0 N–H and O–H groups in total. The first-order valence-electron chi connectivity index (χ1n) is 21.7. The average molecular weight is 1050 g/mol. The van der Waals surface area contributed by atoms with Crippen LogP contribution in [-0.2, 0) is 26.5 Å². The van der Waals surface area contributed by atoms with Crippen LogP contribution in [0.5, 0.6) is 0 Å². The number of imidazole rings is 1. The summed E-state index contributed by atoms with van der Waals surface area (Å²) < 4.78 is 10.3. The van der Waals surface area contributed by atoms with Crippen LogP contribution in [-0.4, -0.2) is 32.8 Å². The summed E-state index contributed by atoms with van der Waals surface area (Å²) in [6.07, 6.45) is 3.27. The molecule has 9 aromatic rings. The first-order chi connectivity index (χ1) is 29.3. The fourth-order valence-electron chi connectivity index (χ4n) is 8.40. The average Bonchev–Trinajstić information content (AvgIpc) is 3.81. The largest absolute Gasteiger partial charge is 0.486 e. The monoisotopic (exact) mass is 1060 g/mol. The molecule has 5 aromatic carbocycles. The van der Waals surface area contributed by atoms with E-state index in [0.717, 1.165) is 62.1 Å². The van der Waals surface area contributed by atoms with Gasteiger partial charge in [0.1, 0.15) is 0 Å². The Bertz CT molecular complexity index is 2950. The van der Waals surface area contributed by atoms with Gasteiger partial charge in [-0.1, -0.05) is 81.1 Å². The Kier molecular flexibility index (Phi) is 13.5. The molecule has 0 aliphatic carbocycles. The second-order valence-electron chi connectivity index (χ2n) is 18.3. The van der Waals surface area contributed by atoms with E-state index in [1.165, 1.54) is 33.5 Å². The summed E-state index contributed by atoms with van der Waals surface area (Å²) in [5.41, 5.74) is 15.0. The molecule has 0 saturated heterocycles. The molecular weight excluding hydrogens is 997 g/mol. The van der Waals surface area contributed by atoms with E-state index < -0.39 is 13.3 Å². The first kappa shape index (κ1) is 44.9. The van der Waals surface area contributed by atoms with Crippen molar-refractivity contribution in [2.75, 3.05) is 0 Å². The molecular formula is C55H56GeIrN4O-2. The molecule has 0 fully saturated rings. The van der Waals surface area contributed by atoms with Crippen molar-refractivity contribution in [2.24, 2.45) is 5.92 Å². The quantitative estimate of drug-likeness (QED) is 0.107. The van der Waals surface area contributed by atoms with Gasteiger partial charge in [-0.3, -0.25) is 4.98 Å². The Morgan fingerprint density at radius 2 is 1.39 bits per heavy atom. The molecule has 0 unspecified atom stereocenters. The number of benzene rings is 5. The number of furan rings is 1. The molecule has 0 amide bonds. The second-order valence-corrected chi connectivity index (χ2v) is 28.9. The number of aromatic nitrogens is 4. The molecule has 62 heavy (non-hydrogen) atoms. The van der Waals surface area contributed by atoms with Crippen LogP contribution in [0.2, 0.25) is 17.3 Å². The van der Waals surface area contributed by atoms with E-state index in [1.807, 2.05) is 43.3 Å². The maximum absolute atomic E-state index is 6.44. The molecule has 317 valence electrons. The summed E-state index contributed by atoms with van der Waals surface area (Å²) in [6, 6.07) is 49.1. The molecule has 1 radical (unpaired) electrons. The molecule has 4 heterocycles. The summed E-state index contributed by atoms with van der Waals surface area (Å²) in [6.45, 7) is 15.7. The third-order valence-corrected chi connectivity index (χ3v) is 15.7. The molecule has 5 nitrogen and oxygen atoms in total. The minimum Gasteiger partial charge on any atom is -0.486 e. The predicted molar refractivity (Wildman–Crippen MR) is 259 cm³/mol. The number of para-hydroxylation sites is 2. The van der Waals surface area contributed by atoms with E-state index in [0.29, 0.717) is 23.5 Å². The van der Waals surface area contributed by atoms with Crippen molar-refractivity contribution in [2.45, 2.75) is 84.0 Å². The number of hydrogen-bond donors (Lipinski definition) is 0. The van der Waals surface area contributed by atoms with Crippen LogP contribution < -0.4 is 4.40 Å². The number of hydrogen-bond acceptors (Lipinski definition) is 4. The number of aryl methyl sites for hydroxylation is 1. The van der Waals surface area contributed by atoms with E-state index in [-0.39, 0.29) is 20.1 Å². The van der Waals surface area contributed by atoms with Crippen molar-refractivity contribution in [3.05, 3.63) is 162 Å². The van der Waals surface area contributed by atoms with Crippen LogP contribution >= 0.6 is 0 Å². The van der Waals surface area contributed by atoms with Crippen molar-refractivity contribution in [3.63, 3.8) is 0 Å². The number of rotatable bonds is 9. The molecule has 4 aromatic heterocycles. The van der Waals surface area contributed by atoms with Crippen LogP contribution in [0.4, 0.5) is 0 Å². The molecule has 0 aliphatic heterocycles. The van der Waals surface area contributed by atoms with Gasteiger partial charge in [0.05, 0.1) is 22.4 Å². The summed E-state index contributed by atoms with van der Waals surface area (Å²) >= 11 is -1.86. The minimum atomic E-state index is -1.86. The van der Waals surface area contributed by atoms with Gasteiger partial charge in [-0.25, -0.2) is 4.98 Å². The molecule has 0 saturated carbocycles. The Hall–Kier alpha value is -5.14. The topological polar surface area (TPSA) is 56.7 Å². The van der Waals surface area contributed by atoms with E-state index in [4.69, 9.17) is 14.4 Å². The Balaban J connectivity index is 0.000000233. The van der Waals surface area contributed by atoms with E-state index >= 15 is 0 Å². The van der Waals surface area contributed by atoms with Gasteiger partial charge in [-0.2, -0.15) is 0 Å². The van der Waals surface area contributed by atoms with E-state index in [9.17, 15) is 0 Å². The smallest absolute Gasteiger partial charge is 0.216 e. The van der Waals surface area contributed by atoms with E-state index in [1.54, 1.807) is 4.40 Å². The van der Waals surface area contributed by atoms with Crippen molar-refractivity contribution >= 4 is 50.8 Å². The van der Waals surface area contributed by atoms with Crippen molar-refractivity contribution in [1.29, 1.82) is 0 Å². The number of nitrogens with zero attached hydrogens (tertiary/aromatic N) is 4. The van der Waals surface area contributed by atoms with Gasteiger partial charge in [0, 0.05) is 36.9 Å². The Morgan fingerprint density at radius 1 is 0.694 bits per heavy atom. The fraction of sp³-hybridized carbons (Fsp3) is 0.255. The number of fused-ring (bicyclic) bond motifs is 4. The van der Waals surface area contributed by atoms with Crippen LogP contribution in [0.15, 0.2) is 132 Å². The summed E-state index contributed by atoms with van der Waals surface area (Å²) in [5, 5.41) is 2.02. The van der Waals surface area contributed by atoms with Gasteiger partial charge in [-0.05, 0) is 77.4 Å². The van der Waals surface area contributed by atoms with Crippen molar-refractivity contribution in [3.8, 4) is 39.5 Å². The zero-order valence-corrected chi connectivity index (χ0v) is 42.1. The van der Waals surface area contributed by atoms with Crippen LogP contribution in [0.25, 0.3) is 72.6 Å². The van der Waals surface area contributed by atoms with Gasteiger partial charge in [-0.15, -0.1) is 18.2 Å². The van der Waals surface area contributed by atoms with Gasteiger partial charge in [0.15, 0.2) is 0 Å². The van der Waals surface area contributed by atoms with E-state index in [2.05, 4.69) is 172 Å². The second kappa shape index (κ2) is 18.7. The van der Waals surface area contributed by atoms with Gasteiger partial charge in [0.25, 0.3) is 0 Å². The Labute approximate surface area is 383 Å². The molecule has 9 rings (SSSR count). The van der Waals surface area contributed by atoms with Crippen LogP contribution in [0.1, 0.15) is 75.8 Å². The van der Waals surface area contributed by atoms with Gasteiger partial charge < -0.3 is 8.98 Å². The zero-order chi connectivity index (χ0) is 43.0. The third-order valence-electron chi connectivity index (χ3n) is 11.4. The molecule has 0 aliphatic rings. The van der Waals surface area contributed by atoms with Gasteiger partial charge >= 0.3 is 126 Å². The first-order valence-corrected chi connectivity index (χ1v) is 29.0. The zero-order valence-electron chi connectivity index (χ0n) is 37.6. The Morgan fingerprint density at radius 3 is 2.05 bits per heavy atom. The molecule has 0 atom stereocenters. The maximum atomic E-state index is 6.44. The van der Waals surface area contributed by atoms with Crippen molar-refractivity contribution < 1.29 is 24.5 Å². The molecule has 0 bridgehead atoms. The van der Waals surface area contributed by atoms with Gasteiger partial charge in [0.2, 0.25) is 5.71 Å². The summed E-state index contributed by atoms with van der Waals surface area (Å²) in [7, 11) is 0. The third kappa shape index (κ3) is 9.15. The standard InChI is InChI=1S/C37H32N3O.C18H24GeN.Ir/c1-22(2)30-20-26(25-12-7-6-8-13-25)21-31(23(3)4)34(30)40-33-17-10-9-16-32(33)39-36(40)29-15-11-14-27-28-19-18-24(5)38-37(28)41-35(27)29;1-14(2)11-16-12-18(15-9-7-6-8-10-15)20-13-17(16)19(3,4)5;/h6-14,16-23H,1-5H3;6-9,12-14H,11H2,1-5H3;/q2*-1;. The SMILES string of the molecule is CC(C)Cc1cc(-c2[c-]cccc2)nc[c]1[Ge]([CH3])([CH3])[CH3].Cc1ccc2c(n1)oc1c(-c3nc4ccccc4n3-c3c(C(C)C)cc(-c4ccccc4)cc3C(C)C)[c-]ccc12.[Ir]. The van der Waals surface area contributed by atoms with Crippen LogP contribution in [0, 0.1) is 25.0 Å². The predicted octanol–water partition coefficient (Wildman–Crippen LogP) is 14.3. The summed E-state index contributed by atoms with van der Waals surface area (Å²) in [4.78, 5) is 14.6. The normalized spacial score (nSPS) is 11.8. The fourth-order valence-corrected chi connectivity index (χ4v) is 11.7. The molecule has 7 heteroatoms. The van der Waals surface area contributed by atoms with Crippen LogP contribution in [0.3, 0.4) is 0 Å². The van der Waals surface area contributed by atoms with Crippen molar-refractivity contribution in [1.82, 2.24) is 19.5 Å². The maximum Gasteiger partial charge on any atom is 0.216 e. The summed E-state index contributed by atoms with van der Waals surface area (Å²) in [5.74, 6) is 9.40. The number of pyridine rings is 2. The minimum absolute atomic E-state index is 0. The molecule has 0 spiro atoms.